The number of benzene rings is 3. The fourth-order valence-corrected chi connectivity index (χ4v) is 4.83. The highest BCUT2D eigenvalue weighted by Crippen LogP contribution is 2.33. The number of carbonyl (C=O) groups excluding carboxylic acids is 1. The molecule has 1 unspecified atom stereocenters. The fraction of sp³-hybridized carbons (Fsp3) is 0.273. The first-order chi connectivity index (χ1) is 18.3. The second-order valence-corrected chi connectivity index (χ2v) is 9.95. The Bertz CT molecular complexity index is 1550. The quantitative estimate of drug-likeness (QED) is 0.230. The number of rotatable bonds is 10. The van der Waals surface area contributed by atoms with Gasteiger partial charge in [-0.2, -0.15) is 0 Å². The molecule has 0 saturated carbocycles. The SMILES string of the molecule is C=Cc1ccccc1NC(C)c1cc(C)cc2c(=O)c(C)c(-c3ccc(C=O)c(CCN(C)CC)c3)oc12. The van der Waals surface area contributed by atoms with Crippen molar-refractivity contribution in [3.05, 3.63) is 105 Å². The zero-order chi connectivity index (χ0) is 27.4. The van der Waals surface area contributed by atoms with E-state index in [0.29, 0.717) is 27.9 Å². The second kappa shape index (κ2) is 11.6. The molecule has 0 aliphatic carbocycles. The Morgan fingerprint density at radius 3 is 2.55 bits per heavy atom. The van der Waals surface area contributed by atoms with E-state index in [1.54, 1.807) is 0 Å². The minimum atomic E-state index is -0.130. The predicted molar refractivity (Wildman–Crippen MR) is 158 cm³/mol. The Hall–Kier alpha value is -3.96. The lowest BCUT2D eigenvalue weighted by Crippen LogP contribution is -2.20. The third kappa shape index (κ3) is 5.48. The second-order valence-electron chi connectivity index (χ2n) is 9.95. The monoisotopic (exact) mass is 508 g/mol. The van der Waals surface area contributed by atoms with Crippen LogP contribution in [0.25, 0.3) is 28.4 Å². The first-order valence-corrected chi connectivity index (χ1v) is 13.1. The number of fused-ring (bicyclic) bond motifs is 1. The molecule has 0 aliphatic rings. The van der Waals surface area contributed by atoms with Crippen molar-refractivity contribution in [3.63, 3.8) is 0 Å². The van der Waals surface area contributed by atoms with Gasteiger partial charge in [-0.05, 0) is 75.7 Å². The standard InChI is InChI=1S/C33H36N2O3/c1-7-24-11-9-10-12-30(24)34-23(5)28-17-21(3)18-29-31(37)22(4)32(38-33(28)29)26-13-14-27(20-36)25(19-26)15-16-35(6)8-2/h7,9-14,17-20,23,34H,1,8,15-16H2,2-6H3. The normalized spacial score (nSPS) is 12.1. The van der Waals surface area contributed by atoms with Crippen LogP contribution in [0.1, 0.15) is 58.1 Å². The Morgan fingerprint density at radius 1 is 1.08 bits per heavy atom. The van der Waals surface area contributed by atoms with Crippen LogP contribution in [-0.2, 0) is 6.42 Å². The van der Waals surface area contributed by atoms with E-state index in [1.807, 2.05) is 68.5 Å². The van der Waals surface area contributed by atoms with Gasteiger partial charge in [-0.15, -0.1) is 0 Å². The van der Waals surface area contributed by atoms with E-state index in [0.717, 1.165) is 59.3 Å². The molecular weight excluding hydrogens is 472 g/mol. The van der Waals surface area contributed by atoms with Gasteiger partial charge in [0.1, 0.15) is 17.6 Å². The van der Waals surface area contributed by atoms with Gasteiger partial charge in [0.25, 0.3) is 0 Å². The fourth-order valence-electron chi connectivity index (χ4n) is 4.83. The molecule has 1 atom stereocenters. The molecule has 0 radical (unpaired) electrons. The Kier molecular flexibility index (Phi) is 8.28. The number of likely N-dealkylation sites (N-methyl/N-ethyl adjacent to an activating group) is 1. The maximum atomic E-state index is 13.6. The third-order valence-corrected chi connectivity index (χ3v) is 7.25. The van der Waals surface area contributed by atoms with Crippen LogP contribution in [0.4, 0.5) is 5.69 Å². The molecule has 0 fully saturated rings. The molecule has 38 heavy (non-hydrogen) atoms. The summed E-state index contributed by atoms with van der Waals surface area (Å²) in [6.45, 7) is 13.7. The van der Waals surface area contributed by atoms with E-state index in [-0.39, 0.29) is 11.5 Å². The molecular formula is C33H36N2O3. The number of para-hydroxylation sites is 1. The van der Waals surface area contributed by atoms with Crippen molar-refractivity contribution in [1.82, 2.24) is 4.90 Å². The van der Waals surface area contributed by atoms with E-state index in [2.05, 4.69) is 43.8 Å². The molecule has 0 saturated heterocycles. The maximum absolute atomic E-state index is 13.6. The number of aldehydes is 1. The zero-order valence-electron chi connectivity index (χ0n) is 22.9. The van der Waals surface area contributed by atoms with Crippen LogP contribution in [0, 0.1) is 13.8 Å². The van der Waals surface area contributed by atoms with Crippen LogP contribution in [0.15, 0.2) is 70.4 Å². The summed E-state index contributed by atoms with van der Waals surface area (Å²) in [6, 6.07) is 17.5. The average Bonchev–Trinajstić information content (AvgIpc) is 2.93. The molecule has 1 aromatic heterocycles. The molecule has 4 rings (SSSR count). The summed E-state index contributed by atoms with van der Waals surface area (Å²) in [6.07, 6.45) is 3.45. The number of hydrogen-bond donors (Lipinski definition) is 1. The minimum absolute atomic E-state index is 0.0448. The van der Waals surface area contributed by atoms with Crippen LogP contribution < -0.4 is 10.7 Å². The highest BCUT2D eigenvalue weighted by molar-refractivity contribution is 5.85. The van der Waals surface area contributed by atoms with Gasteiger partial charge in [0.2, 0.25) is 0 Å². The minimum Gasteiger partial charge on any atom is -0.455 e. The van der Waals surface area contributed by atoms with Gasteiger partial charge >= 0.3 is 0 Å². The smallest absolute Gasteiger partial charge is 0.196 e. The predicted octanol–water partition coefficient (Wildman–Crippen LogP) is 7.20. The first-order valence-electron chi connectivity index (χ1n) is 13.1. The van der Waals surface area contributed by atoms with Crippen LogP contribution in [-0.4, -0.2) is 31.3 Å². The molecule has 5 nitrogen and oxygen atoms in total. The summed E-state index contributed by atoms with van der Waals surface area (Å²) in [7, 11) is 2.06. The number of nitrogens with one attached hydrogen (secondary N) is 1. The van der Waals surface area contributed by atoms with Crippen molar-refractivity contribution in [1.29, 1.82) is 0 Å². The summed E-state index contributed by atoms with van der Waals surface area (Å²) in [5, 5.41) is 4.14. The van der Waals surface area contributed by atoms with Gasteiger partial charge in [0.05, 0.1) is 11.4 Å². The lowest BCUT2D eigenvalue weighted by atomic mass is 9.96. The van der Waals surface area contributed by atoms with Crippen molar-refractivity contribution in [2.75, 3.05) is 25.5 Å². The molecule has 0 spiro atoms. The average molecular weight is 509 g/mol. The Morgan fingerprint density at radius 2 is 1.84 bits per heavy atom. The highest BCUT2D eigenvalue weighted by Gasteiger charge is 2.20. The summed E-state index contributed by atoms with van der Waals surface area (Å²) < 4.78 is 6.58. The van der Waals surface area contributed by atoms with Crippen molar-refractivity contribution >= 4 is 29.0 Å². The molecule has 0 bridgehead atoms. The summed E-state index contributed by atoms with van der Waals surface area (Å²) in [4.78, 5) is 27.6. The molecule has 3 aromatic carbocycles. The summed E-state index contributed by atoms with van der Waals surface area (Å²) in [5.41, 5.74) is 7.36. The molecule has 0 aliphatic heterocycles. The van der Waals surface area contributed by atoms with Gasteiger partial charge in [0, 0.05) is 34.5 Å². The number of nitrogens with zero attached hydrogens (tertiary/aromatic N) is 1. The van der Waals surface area contributed by atoms with E-state index in [9.17, 15) is 9.59 Å². The lowest BCUT2D eigenvalue weighted by molar-refractivity contribution is 0.112. The molecule has 5 heteroatoms. The van der Waals surface area contributed by atoms with E-state index < -0.39 is 0 Å². The molecule has 196 valence electrons. The lowest BCUT2D eigenvalue weighted by Gasteiger charge is -2.20. The van der Waals surface area contributed by atoms with Gasteiger partial charge in [-0.25, -0.2) is 0 Å². The van der Waals surface area contributed by atoms with Crippen molar-refractivity contribution < 1.29 is 9.21 Å². The molecule has 1 N–H and O–H groups in total. The third-order valence-electron chi connectivity index (χ3n) is 7.25. The van der Waals surface area contributed by atoms with Crippen molar-refractivity contribution in [2.45, 2.75) is 40.2 Å². The van der Waals surface area contributed by atoms with Crippen LogP contribution in [0.2, 0.25) is 0 Å². The highest BCUT2D eigenvalue weighted by atomic mass is 16.3. The van der Waals surface area contributed by atoms with Crippen molar-refractivity contribution in [3.8, 4) is 11.3 Å². The van der Waals surface area contributed by atoms with E-state index in [4.69, 9.17) is 4.42 Å². The number of carbonyl (C=O) groups is 1. The number of anilines is 1. The van der Waals surface area contributed by atoms with Gasteiger partial charge < -0.3 is 14.6 Å². The van der Waals surface area contributed by atoms with E-state index >= 15 is 0 Å². The maximum Gasteiger partial charge on any atom is 0.196 e. The van der Waals surface area contributed by atoms with Crippen LogP contribution >= 0.6 is 0 Å². The van der Waals surface area contributed by atoms with Gasteiger partial charge in [-0.3, -0.25) is 9.59 Å². The number of hydrogen-bond acceptors (Lipinski definition) is 5. The van der Waals surface area contributed by atoms with Crippen LogP contribution in [0.3, 0.4) is 0 Å². The largest absolute Gasteiger partial charge is 0.455 e. The van der Waals surface area contributed by atoms with E-state index in [1.165, 1.54) is 0 Å². The Balaban J connectivity index is 1.84. The first kappa shape index (κ1) is 27.1. The van der Waals surface area contributed by atoms with Gasteiger partial charge in [0.15, 0.2) is 5.43 Å². The molecule has 4 aromatic rings. The topological polar surface area (TPSA) is 62.6 Å². The summed E-state index contributed by atoms with van der Waals surface area (Å²) >= 11 is 0. The number of aryl methyl sites for hydroxylation is 1. The van der Waals surface area contributed by atoms with Crippen LogP contribution in [0.5, 0.6) is 0 Å². The zero-order valence-corrected chi connectivity index (χ0v) is 22.9. The summed E-state index contributed by atoms with van der Waals surface area (Å²) in [5.74, 6) is 0.536. The molecule has 1 heterocycles. The molecule has 0 amide bonds. The van der Waals surface area contributed by atoms with Crippen molar-refractivity contribution in [2.24, 2.45) is 0 Å². The Labute approximate surface area is 224 Å². The van der Waals surface area contributed by atoms with Gasteiger partial charge in [-0.1, -0.05) is 56.0 Å².